The van der Waals surface area contributed by atoms with Crippen LogP contribution in [0.5, 0.6) is 0 Å². The molecule has 10 heteroatoms. The summed E-state index contributed by atoms with van der Waals surface area (Å²) in [4.78, 5) is 45.8. The minimum absolute atomic E-state index is 0.0775. The second kappa shape index (κ2) is 7.60. The average Bonchev–Trinajstić information content (AvgIpc) is 3.37. The average molecular weight is 350 g/mol. The molecule has 1 aliphatic rings. The molecule has 1 saturated carbocycles. The van der Waals surface area contributed by atoms with Crippen LogP contribution in [0.4, 0.5) is 16.2 Å². The number of nitro benzene ring substituents is 1. The van der Waals surface area contributed by atoms with Gasteiger partial charge in [-0.25, -0.2) is 9.59 Å². The van der Waals surface area contributed by atoms with Crippen LogP contribution in [-0.4, -0.2) is 42.0 Å². The number of urea groups is 1. The maximum Gasteiger partial charge on any atom is 0.341 e. The number of benzene rings is 1. The lowest BCUT2D eigenvalue weighted by Gasteiger charge is -2.14. The summed E-state index contributed by atoms with van der Waals surface area (Å²) in [5.74, 6) is -1.71. The van der Waals surface area contributed by atoms with Gasteiger partial charge in [-0.15, -0.1) is 0 Å². The highest BCUT2D eigenvalue weighted by Gasteiger charge is 2.27. The lowest BCUT2D eigenvalue weighted by atomic mass is 10.1. The van der Waals surface area contributed by atoms with Crippen LogP contribution in [0.15, 0.2) is 18.2 Å². The van der Waals surface area contributed by atoms with Crippen molar-refractivity contribution in [3.8, 4) is 0 Å². The van der Waals surface area contributed by atoms with E-state index >= 15 is 0 Å². The number of nitrogens with zero attached hydrogens (tertiary/aromatic N) is 1. The predicted octanol–water partition coefficient (Wildman–Crippen LogP) is 1.17. The Kier molecular flexibility index (Phi) is 5.52. The number of rotatable bonds is 6. The van der Waals surface area contributed by atoms with E-state index in [1.165, 1.54) is 26.1 Å². The molecule has 3 amide bonds. The molecule has 134 valence electrons. The molecule has 0 aromatic heterocycles. The predicted molar refractivity (Wildman–Crippen MR) is 87.2 cm³/mol. The summed E-state index contributed by atoms with van der Waals surface area (Å²) >= 11 is 0. The van der Waals surface area contributed by atoms with Crippen molar-refractivity contribution in [1.29, 1.82) is 0 Å². The van der Waals surface area contributed by atoms with Crippen molar-refractivity contribution >= 4 is 29.3 Å². The van der Waals surface area contributed by atoms with Gasteiger partial charge >= 0.3 is 12.0 Å². The highest BCUT2D eigenvalue weighted by molar-refractivity contribution is 6.00. The molecule has 3 N–H and O–H groups in total. The zero-order valence-electron chi connectivity index (χ0n) is 13.7. The van der Waals surface area contributed by atoms with Crippen molar-refractivity contribution in [3.05, 3.63) is 33.9 Å². The van der Waals surface area contributed by atoms with Crippen LogP contribution in [0.3, 0.4) is 0 Å². The standard InChI is InChI=1S/C15H18N4O6/c1-8(13(20)18-15(22)17-9-3-4-9)25-14(21)11-7-10(19(23)24)5-6-12(11)16-2/h5-9,16H,3-4H2,1-2H3,(H2,17,18,20,22). The Morgan fingerprint density at radius 1 is 1.32 bits per heavy atom. The quantitative estimate of drug-likeness (QED) is 0.397. The molecule has 1 aliphatic carbocycles. The number of carbonyl (C=O) groups is 3. The molecule has 0 radical (unpaired) electrons. The molecule has 25 heavy (non-hydrogen) atoms. The number of nitro groups is 1. The lowest BCUT2D eigenvalue weighted by molar-refractivity contribution is -0.384. The summed E-state index contributed by atoms with van der Waals surface area (Å²) in [5, 5.41) is 18.2. The number of esters is 1. The monoisotopic (exact) mass is 350 g/mol. The third kappa shape index (κ3) is 4.90. The fraction of sp³-hybridized carbons (Fsp3) is 0.400. The van der Waals surface area contributed by atoms with E-state index in [9.17, 15) is 24.5 Å². The minimum atomic E-state index is -1.25. The van der Waals surface area contributed by atoms with Gasteiger partial charge in [0.2, 0.25) is 0 Å². The number of amides is 3. The van der Waals surface area contributed by atoms with Crippen LogP contribution in [0, 0.1) is 10.1 Å². The zero-order valence-corrected chi connectivity index (χ0v) is 13.7. The van der Waals surface area contributed by atoms with Gasteiger partial charge in [0.15, 0.2) is 6.10 Å². The van der Waals surface area contributed by atoms with Crippen molar-refractivity contribution in [2.24, 2.45) is 0 Å². The molecule has 0 heterocycles. The van der Waals surface area contributed by atoms with Crippen molar-refractivity contribution < 1.29 is 24.0 Å². The Hall–Kier alpha value is -3.17. The topological polar surface area (TPSA) is 140 Å². The number of ether oxygens (including phenoxy) is 1. The van der Waals surface area contributed by atoms with E-state index in [1.54, 1.807) is 0 Å². The normalized spacial score (nSPS) is 14.2. The van der Waals surface area contributed by atoms with E-state index in [4.69, 9.17) is 4.74 Å². The molecule has 1 atom stereocenters. The van der Waals surface area contributed by atoms with Crippen LogP contribution in [0.1, 0.15) is 30.1 Å². The smallest absolute Gasteiger partial charge is 0.341 e. The number of anilines is 1. The lowest BCUT2D eigenvalue weighted by Crippen LogP contribution is -2.45. The SMILES string of the molecule is CNc1ccc([N+](=O)[O-])cc1C(=O)OC(C)C(=O)NC(=O)NC1CC1. The molecule has 1 fully saturated rings. The highest BCUT2D eigenvalue weighted by Crippen LogP contribution is 2.23. The molecular weight excluding hydrogens is 332 g/mol. The van der Waals surface area contributed by atoms with Gasteiger partial charge < -0.3 is 15.4 Å². The van der Waals surface area contributed by atoms with Gasteiger partial charge in [0, 0.05) is 30.9 Å². The molecule has 1 aromatic carbocycles. The van der Waals surface area contributed by atoms with Crippen molar-refractivity contribution in [3.63, 3.8) is 0 Å². The summed E-state index contributed by atoms with van der Waals surface area (Å²) < 4.78 is 5.00. The van der Waals surface area contributed by atoms with E-state index in [-0.39, 0.29) is 17.3 Å². The summed E-state index contributed by atoms with van der Waals surface area (Å²) in [5.41, 5.74) is -0.0552. The van der Waals surface area contributed by atoms with Crippen molar-refractivity contribution in [1.82, 2.24) is 10.6 Å². The van der Waals surface area contributed by atoms with Crippen LogP contribution in [0.25, 0.3) is 0 Å². The maximum atomic E-state index is 12.2. The number of carbonyl (C=O) groups excluding carboxylic acids is 3. The van der Waals surface area contributed by atoms with Crippen molar-refractivity contribution in [2.75, 3.05) is 12.4 Å². The Balaban J connectivity index is 2.02. The summed E-state index contributed by atoms with van der Waals surface area (Å²) in [7, 11) is 1.54. The van der Waals surface area contributed by atoms with Crippen molar-refractivity contribution in [2.45, 2.75) is 31.9 Å². The molecule has 0 aliphatic heterocycles. The fourth-order valence-electron chi connectivity index (χ4n) is 1.97. The van der Waals surface area contributed by atoms with Gasteiger partial charge in [-0.3, -0.25) is 20.2 Å². The van der Waals surface area contributed by atoms with Crippen LogP contribution in [-0.2, 0) is 9.53 Å². The number of hydrogen-bond donors (Lipinski definition) is 3. The second-order valence-electron chi connectivity index (χ2n) is 5.52. The van der Waals surface area contributed by atoms with Gasteiger partial charge in [0.1, 0.15) is 0 Å². The third-order valence-corrected chi connectivity index (χ3v) is 3.51. The van der Waals surface area contributed by atoms with E-state index in [1.807, 2.05) is 0 Å². The fourth-order valence-corrected chi connectivity index (χ4v) is 1.97. The van der Waals surface area contributed by atoms with Crippen LogP contribution in [0.2, 0.25) is 0 Å². The van der Waals surface area contributed by atoms with Gasteiger partial charge in [-0.05, 0) is 25.8 Å². The zero-order chi connectivity index (χ0) is 18.6. The Bertz CT molecular complexity index is 716. The Morgan fingerprint density at radius 3 is 2.56 bits per heavy atom. The van der Waals surface area contributed by atoms with Gasteiger partial charge in [0.25, 0.3) is 11.6 Å². The van der Waals surface area contributed by atoms with E-state index in [2.05, 4.69) is 16.0 Å². The molecule has 0 spiro atoms. The summed E-state index contributed by atoms with van der Waals surface area (Å²) in [6, 6.07) is 3.08. The molecular formula is C15H18N4O6. The minimum Gasteiger partial charge on any atom is -0.449 e. The van der Waals surface area contributed by atoms with Gasteiger partial charge in [-0.2, -0.15) is 0 Å². The number of nitrogens with one attached hydrogen (secondary N) is 3. The summed E-state index contributed by atoms with van der Waals surface area (Å²) in [6.07, 6.45) is 0.485. The Labute approximate surface area is 143 Å². The first kappa shape index (κ1) is 18.2. The number of hydrogen-bond acceptors (Lipinski definition) is 7. The molecule has 10 nitrogen and oxygen atoms in total. The number of imide groups is 1. The molecule has 1 unspecified atom stereocenters. The Morgan fingerprint density at radius 2 is 2.00 bits per heavy atom. The summed E-state index contributed by atoms with van der Waals surface area (Å²) in [6.45, 7) is 1.30. The first-order valence-corrected chi connectivity index (χ1v) is 7.60. The van der Waals surface area contributed by atoms with Gasteiger partial charge in [-0.1, -0.05) is 0 Å². The first-order valence-electron chi connectivity index (χ1n) is 7.60. The largest absolute Gasteiger partial charge is 0.449 e. The molecule has 0 bridgehead atoms. The maximum absolute atomic E-state index is 12.2. The van der Waals surface area contributed by atoms with E-state index < -0.39 is 28.9 Å². The first-order chi connectivity index (χ1) is 11.8. The van der Waals surface area contributed by atoms with E-state index in [0.29, 0.717) is 5.69 Å². The van der Waals surface area contributed by atoms with Gasteiger partial charge in [0.05, 0.1) is 10.5 Å². The third-order valence-electron chi connectivity index (χ3n) is 3.51. The van der Waals surface area contributed by atoms with Crippen LogP contribution < -0.4 is 16.0 Å². The van der Waals surface area contributed by atoms with Crippen LogP contribution >= 0.6 is 0 Å². The molecule has 1 aromatic rings. The molecule has 2 rings (SSSR count). The van der Waals surface area contributed by atoms with E-state index in [0.717, 1.165) is 18.9 Å². The molecule has 0 saturated heterocycles. The highest BCUT2D eigenvalue weighted by atomic mass is 16.6. The second-order valence-corrected chi connectivity index (χ2v) is 5.52. The number of non-ortho nitro benzene ring substituents is 1.